The second kappa shape index (κ2) is 6.52. The second-order valence-corrected chi connectivity index (χ2v) is 10.5. The number of hydrogen-bond donors (Lipinski definition) is 1. The number of nitrogens with one attached hydrogen (secondary N) is 1. The summed E-state index contributed by atoms with van der Waals surface area (Å²) in [6, 6.07) is 0.233. The largest absolute Gasteiger partial charge is 0.467 e. The van der Waals surface area contributed by atoms with Crippen molar-refractivity contribution in [3.05, 3.63) is 0 Å². The van der Waals surface area contributed by atoms with Crippen LogP contribution < -0.4 is 5.32 Å². The van der Waals surface area contributed by atoms with Gasteiger partial charge in [-0.05, 0) is 13.0 Å². The average molecular weight is 247 g/mol. The maximum absolute atomic E-state index is 11.2. The third kappa shape index (κ3) is 7.28. The number of esters is 1. The van der Waals surface area contributed by atoms with E-state index in [-0.39, 0.29) is 0 Å². The van der Waals surface area contributed by atoms with Gasteiger partial charge < -0.3 is 14.8 Å². The van der Waals surface area contributed by atoms with Gasteiger partial charge in [-0.1, -0.05) is 19.6 Å². The lowest BCUT2D eigenvalue weighted by atomic mass is 10.3. The fourth-order valence-electron chi connectivity index (χ4n) is 0.904. The zero-order valence-corrected chi connectivity index (χ0v) is 11.6. The van der Waals surface area contributed by atoms with Crippen molar-refractivity contribution in [2.45, 2.75) is 38.7 Å². The molecule has 0 aromatic heterocycles. The maximum Gasteiger partial charge on any atom is 0.407 e. The van der Waals surface area contributed by atoms with Crippen molar-refractivity contribution in [2.24, 2.45) is 0 Å². The van der Waals surface area contributed by atoms with E-state index in [2.05, 4.69) is 29.7 Å². The fourth-order valence-corrected chi connectivity index (χ4v) is 1.62. The van der Waals surface area contributed by atoms with Crippen LogP contribution in [0.25, 0.3) is 0 Å². The minimum Gasteiger partial charge on any atom is -0.467 e. The summed E-state index contributed by atoms with van der Waals surface area (Å²) >= 11 is 0. The molecule has 1 atom stereocenters. The molecule has 0 bridgehead atoms. The van der Waals surface area contributed by atoms with Crippen LogP contribution in [0, 0.1) is 0 Å². The third-order valence-corrected chi connectivity index (χ3v) is 3.68. The van der Waals surface area contributed by atoms with Crippen LogP contribution in [0.5, 0.6) is 0 Å². The van der Waals surface area contributed by atoms with Gasteiger partial charge in [0.2, 0.25) is 0 Å². The Morgan fingerprint density at radius 2 is 1.88 bits per heavy atom. The van der Waals surface area contributed by atoms with Crippen LogP contribution in [0.4, 0.5) is 4.79 Å². The predicted molar refractivity (Wildman–Crippen MR) is 64.1 cm³/mol. The summed E-state index contributed by atoms with van der Waals surface area (Å²) in [7, 11) is 0.0855. The third-order valence-electron chi connectivity index (χ3n) is 1.97. The summed E-state index contributed by atoms with van der Waals surface area (Å²) in [6.07, 6.45) is -0.573. The van der Waals surface area contributed by atoms with Gasteiger partial charge in [-0.25, -0.2) is 9.59 Å². The standard InChI is InChI=1S/C10H21NO4Si/c1-8(9(12)14-2)11-10(13)15-6-7-16(3,4)5/h8H,6-7H2,1-5H3,(H,11,13). The number of rotatable bonds is 5. The lowest BCUT2D eigenvalue weighted by Crippen LogP contribution is -2.39. The molecule has 0 radical (unpaired) electrons. The van der Waals surface area contributed by atoms with Gasteiger partial charge in [-0.15, -0.1) is 0 Å². The normalized spacial score (nSPS) is 12.8. The lowest BCUT2D eigenvalue weighted by Gasteiger charge is -2.16. The van der Waals surface area contributed by atoms with E-state index in [1.807, 2.05) is 0 Å². The number of amides is 1. The molecule has 0 saturated heterocycles. The molecule has 0 heterocycles. The monoisotopic (exact) mass is 247 g/mol. The first-order valence-corrected chi connectivity index (χ1v) is 8.98. The molecule has 0 aliphatic rings. The van der Waals surface area contributed by atoms with Crippen molar-refractivity contribution < 1.29 is 19.1 Å². The van der Waals surface area contributed by atoms with E-state index in [0.29, 0.717) is 6.61 Å². The smallest absolute Gasteiger partial charge is 0.407 e. The van der Waals surface area contributed by atoms with Gasteiger partial charge in [0.05, 0.1) is 13.7 Å². The Bertz CT molecular complexity index is 250. The zero-order valence-electron chi connectivity index (χ0n) is 10.6. The molecule has 0 spiro atoms. The van der Waals surface area contributed by atoms with Crippen LogP contribution in [-0.2, 0) is 14.3 Å². The maximum atomic E-state index is 11.2. The minimum atomic E-state index is -1.19. The van der Waals surface area contributed by atoms with Crippen molar-refractivity contribution in [3.8, 4) is 0 Å². The first-order chi connectivity index (χ1) is 7.26. The van der Waals surface area contributed by atoms with Crippen LogP contribution in [0.15, 0.2) is 0 Å². The summed E-state index contributed by atoms with van der Waals surface area (Å²) in [5.41, 5.74) is 0. The molecule has 0 aromatic rings. The molecule has 0 aliphatic heterocycles. The molecule has 6 heteroatoms. The summed E-state index contributed by atoms with van der Waals surface area (Å²) < 4.78 is 9.43. The molecule has 5 nitrogen and oxygen atoms in total. The van der Waals surface area contributed by atoms with E-state index < -0.39 is 26.2 Å². The highest BCUT2D eigenvalue weighted by molar-refractivity contribution is 6.76. The summed E-state index contributed by atoms with van der Waals surface area (Å²) in [6.45, 7) is 8.54. The van der Waals surface area contributed by atoms with Gasteiger partial charge in [-0.2, -0.15) is 0 Å². The van der Waals surface area contributed by atoms with E-state index in [1.54, 1.807) is 6.92 Å². The molecule has 0 aliphatic carbocycles. The zero-order chi connectivity index (χ0) is 12.8. The van der Waals surface area contributed by atoms with E-state index in [0.717, 1.165) is 6.04 Å². The molecule has 1 unspecified atom stereocenters. The molecule has 1 amide bonds. The van der Waals surface area contributed by atoms with Crippen LogP contribution in [0.2, 0.25) is 25.7 Å². The predicted octanol–water partition coefficient (Wildman–Crippen LogP) is 1.61. The first kappa shape index (κ1) is 15.0. The highest BCUT2D eigenvalue weighted by Gasteiger charge is 2.18. The Morgan fingerprint density at radius 3 is 2.31 bits per heavy atom. The summed E-state index contributed by atoms with van der Waals surface area (Å²) in [5.74, 6) is -0.484. The fraction of sp³-hybridized carbons (Fsp3) is 0.800. The second-order valence-electron chi connectivity index (χ2n) is 4.84. The SMILES string of the molecule is COC(=O)C(C)NC(=O)OCC[Si](C)(C)C. The van der Waals surface area contributed by atoms with E-state index in [9.17, 15) is 9.59 Å². The number of carbonyl (C=O) groups is 2. The highest BCUT2D eigenvalue weighted by Crippen LogP contribution is 2.07. The van der Waals surface area contributed by atoms with E-state index in [1.165, 1.54) is 7.11 Å². The van der Waals surface area contributed by atoms with Crippen molar-refractivity contribution >= 4 is 20.1 Å². The Morgan fingerprint density at radius 1 is 1.31 bits per heavy atom. The Kier molecular flexibility index (Phi) is 6.10. The van der Waals surface area contributed by atoms with Crippen molar-refractivity contribution in [1.82, 2.24) is 5.32 Å². The van der Waals surface area contributed by atoms with Crippen molar-refractivity contribution in [2.75, 3.05) is 13.7 Å². The minimum absolute atomic E-state index is 0.398. The van der Waals surface area contributed by atoms with Crippen molar-refractivity contribution in [1.29, 1.82) is 0 Å². The topological polar surface area (TPSA) is 64.6 Å². The molecule has 0 aromatic carbocycles. The lowest BCUT2D eigenvalue weighted by molar-refractivity contribution is -0.142. The number of methoxy groups -OCH3 is 1. The van der Waals surface area contributed by atoms with Crippen LogP contribution in [-0.4, -0.2) is 39.9 Å². The first-order valence-electron chi connectivity index (χ1n) is 5.27. The van der Waals surface area contributed by atoms with E-state index in [4.69, 9.17) is 4.74 Å². The number of carbonyl (C=O) groups excluding carboxylic acids is 2. The quantitative estimate of drug-likeness (QED) is 0.592. The van der Waals surface area contributed by atoms with E-state index >= 15 is 0 Å². The van der Waals surface area contributed by atoms with Crippen LogP contribution in [0.1, 0.15) is 6.92 Å². The number of ether oxygens (including phenoxy) is 2. The Hall–Kier alpha value is -1.04. The van der Waals surface area contributed by atoms with Gasteiger partial charge in [0, 0.05) is 8.07 Å². The average Bonchev–Trinajstić information content (AvgIpc) is 2.14. The molecular weight excluding hydrogens is 226 g/mol. The Balaban J connectivity index is 3.79. The highest BCUT2D eigenvalue weighted by atomic mass is 28.3. The van der Waals surface area contributed by atoms with Gasteiger partial charge in [0.1, 0.15) is 6.04 Å². The summed E-state index contributed by atoms with van der Waals surface area (Å²) in [4.78, 5) is 22.2. The van der Waals surface area contributed by atoms with Crippen molar-refractivity contribution in [3.63, 3.8) is 0 Å². The van der Waals surface area contributed by atoms with Gasteiger partial charge >= 0.3 is 12.1 Å². The molecule has 94 valence electrons. The van der Waals surface area contributed by atoms with Crippen LogP contribution in [0.3, 0.4) is 0 Å². The van der Waals surface area contributed by atoms with Gasteiger partial charge in [-0.3, -0.25) is 0 Å². The molecule has 0 rings (SSSR count). The summed E-state index contributed by atoms with van der Waals surface area (Å²) in [5, 5.41) is 2.40. The Labute approximate surface area is 97.5 Å². The number of alkyl carbamates (subject to hydrolysis) is 1. The van der Waals surface area contributed by atoms with Crippen LogP contribution >= 0.6 is 0 Å². The molecule has 0 fully saturated rings. The molecule has 0 saturated carbocycles. The van der Waals surface area contributed by atoms with Gasteiger partial charge in [0.25, 0.3) is 0 Å². The number of hydrogen-bond acceptors (Lipinski definition) is 4. The van der Waals surface area contributed by atoms with Gasteiger partial charge in [0.15, 0.2) is 0 Å². The molecule has 16 heavy (non-hydrogen) atoms. The molecule has 1 N–H and O–H groups in total. The molecular formula is C10H21NO4Si.